The number of nitrogen functional groups attached to an aromatic ring is 2. The lowest BCUT2D eigenvalue weighted by Crippen LogP contribution is -2.04. The molecule has 5 N–H and O–H groups in total. The molecule has 0 atom stereocenters. The average Bonchev–Trinajstić information content (AvgIpc) is 2.51. The van der Waals surface area contributed by atoms with E-state index in [4.69, 9.17) is 11.5 Å². The van der Waals surface area contributed by atoms with E-state index >= 15 is 0 Å². The van der Waals surface area contributed by atoms with E-state index in [-0.39, 0.29) is 28.9 Å². The molecule has 0 spiro atoms. The van der Waals surface area contributed by atoms with Crippen LogP contribution in [0.5, 0.6) is 5.75 Å². The molecule has 0 unspecified atom stereocenters. The van der Waals surface area contributed by atoms with Gasteiger partial charge in [0.05, 0.1) is 0 Å². The molecule has 24 heavy (non-hydrogen) atoms. The Morgan fingerprint density at radius 1 is 1.00 bits per heavy atom. The zero-order valence-electron chi connectivity index (χ0n) is 13.1. The molecule has 0 amide bonds. The molecule has 3 rings (SSSR count). The summed E-state index contributed by atoms with van der Waals surface area (Å²) in [6.07, 6.45) is 1.45. The summed E-state index contributed by atoms with van der Waals surface area (Å²) in [6.45, 7) is 3.54. The second-order valence-corrected chi connectivity index (χ2v) is 5.30. The van der Waals surface area contributed by atoms with E-state index in [1.807, 2.05) is 0 Å². The van der Waals surface area contributed by atoms with Crippen LogP contribution in [0.25, 0.3) is 22.6 Å². The number of nitrogens with two attached hydrogens (primary N) is 2. The van der Waals surface area contributed by atoms with Crippen molar-refractivity contribution in [2.24, 2.45) is 0 Å². The summed E-state index contributed by atoms with van der Waals surface area (Å²) in [6, 6.07) is 4.06. The van der Waals surface area contributed by atoms with Gasteiger partial charge in [-0.15, -0.1) is 0 Å². The van der Waals surface area contributed by atoms with Crippen LogP contribution in [-0.2, 0) is 0 Å². The monoisotopic (exact) mass is 326 g/mol. The highest BCUT2D eigenvalue weighted by atomic mass is 19.1. The fourth-order valence-corrected chi connectivity index (χ4v) is 2.33. The van der Waals surface area contributed by atoms with Gasteiger partial charge in [0, 0.05) is 23.5 Å². The van der Waals surface area contributed by atoms with Crippen LogP contribution in [0.15, 0.2) is 24.4 Å². The Labute approximate surface area is 137 Å². The van der Waals surface area contributed by atoms with Crippen molar-refractivity contribution in [3.05, 3.63) is 41.5 Å². The molecule has 7 nitrogen and oxygen atoms in total. The third-order valence-corrected chi connectivity index (χ3v) is 3.64. The average molecular weight is 326 g/mol. The van der Waals surface area contributed by atoms with Crippen LogP contribution in [0.2, 0.25) is 0 Å². The molecule has 0 aliphatic carbocycles. The Kier molecular flexibility index (Phi) is 3.72. The van der Waals surface area contributed by atoms with Gasteiger partial charge in [0.2, 0.25) is 5.95 Å². The van der Waals surface area contributed by atoms with Crippen molar-refractivity contribution in [1.29, 1.82) is 0 Å². The molecule has 0 fully saturated rings. The van der Waals surface area contributed by atoms with Gasteiger partial charge in [-0.2, -0.15) is 0 Å². The molecule has 3 aromatic rings. The quantitative estimate of drug-likeness (QED) is 0.659. The van der Waals surface area contributed by atoms with Crippen molar-refractivity contribution in [3.63, 3.8) is 0 Å². The van der Waals surface area contributed by atoms with Crippen LogP contribution >= 0.6 is 0 Å². The van der Waals surface area contributed by atoms with Gasteiger partial charge in [-0.3, -0.25) is 0 Å². The first-order valence-electron chi connectivity index (χ1n) is 7.09. The first-order chi connectivity index (χ1) is 11.4. The fraction of sp³-hybridized carbons (Fsp3) is 0.125. The standard InChI is InChI=1S/C16H15FN6O/c1-7-8(2)21-16(19)23-13(7)15-11(24)6-10(17)14(22-15)9-3-4-20-12(18)5-9/h3-6,24H,1-2H3,(H2,18,20)(H2,19,21,23). The van der Waals surface area contributed by atoms with Gasteiger partial charge in [0.1, 0.15) is 28.6 Å². The van der Waals surface area contributed by atoms with Gasteiger partial charge in [-0.1, -0.05) is 0 Å². The molecule has 0 radical (unpaired) electrons. The number of hydrogen-bond donors (Lipinski definition) is 3. The number of hydrogen-bond acceptors (Lipinski definition) is 7. The first kappa shape index (κ1) is 15.6. The molecule has 3 aromatic heterocycles. The topological polar surface area (TPSA) is 124 Å². The van der Waals surface area contributed by atoms with Crippen molar-refractivity contribution in [2.75, 3.05) is 11.5 Å². The van der Waals surface area contributed by atoms with Crippen molar-refractivity contribution in [1.82, 2.24) is 19.9 Å². The van der Waals surface area contributed by atoms with E-state index in [9.17, 15) is 9.50 Å². The van der Waals surface area contributed by atoms with Crippen LogP contribution < -0.4 is 11.5 Å². The van der Waals surface area contributed by atoms with Crippen molar-refractivity contribution >= 4 is 11.8 Å². The number of aryl methyl sites for hydroxylation is 1. The lowest BCUT2D eigenvalue weighted by molar-refractivity contribution is 0.468. The minimum Gasteiger partial charge on any atom is -0.505 e. The predicted octanol–water partition coefficient (Wildman–Crippen LogP) is 2.23. The maximum absolute atomic E-state index is 14.3. The molecule has 0 aliphatic heterocycles. The molecule has 0 bridgehead atoms. The first-order valence-corrected chi connectivity index (χ1v) is 7.09. The van der Waals surface area contributed by atoms with E-state index in [1.54, 1.807) is 19.9 Å². The molecule has 0 aromatic carbocycles. The van der Waals surface area contributed by atoms with Gasteiger partial charge in [-0.25, -0.2) is 24.3 Å². The third kappa shape index (κ3) is 2.69. The highest BCUT2D eigenvalue weighted by Crippen LogP contribution is 2.34. The number of nitrogens with zero attached hydrogens (tertiary/aromatic N) is 4. The van der Waals surface area contributed by atoms with E-state index in [2.05, 4.69) is 19.9 Å². The minimum atomic E-state index is -0.682. The van der Waals surface area contributed by atoms with E-state index in [1.165, 1.54) is 12.3 Å². The van der Waals surface area contributed by atoms with Gasteiger partial charge >= 0.3 is 0 Å². The highest BCUT2D eigenvalue weighted by Gasteiger charge is 2.19. The summed E-state index contributed by atoms with van der Waals surface area (Å²) < 4.78 is 14.3. The van der Waals surface area contributed by atoms with E-state index in [0.29, 0.717) is 22.5 Å². The largest absolute Gasteiger partial charge is 0.505 e. The summed E-state index contributed by atoms with van der Waals surface area (Å²) in [7, 11) is 0. The Bertz CT molecular complexity index is 944. The summed E-state index contributed by atoms with van der Waals surface area (Å²) >= 11 is 0. The molecule has 122 valence electrons. The van der Waals surface area contributed by atoms with Crippen molar-refractivity contribution < 1.29 is 9.50 Å². The van der Waals surface area contributed by atoms with Crippen molar-refractivity contribution in [3.8, 4) is 28.4 Å². The van der Waals surface area contributed by atoms with Gasteiger partial charge in [0.25, 0.3) is 0 Å². The summed E-state index contributed by atoms with van der Waals surface area (Å²) in [4.78, 5) is 16.3. The van der Waals surface area contributed by atoms with E-state index in [0.717, 1.165) is 6.07 Å². The molecule has 0 saturated heterocycles. The van der Waals surface area contributed by atoms with Crippen molar-refractivity contribution in [2.45, 2.75) is 13.8 Å². The van der Waals surface area contributed by atoms with Gasteiger partial charge in [-0.05, 0) is 31.5 Å². The summed E-state index contributed by atoms with van der Waals surface area (Å²) in [5.74, 6) is -0.730. The summed E-state index contributed by atoms with van der Waals surface area (Å²) in [5.41, 5.74) is 13.6. The maximum Gasteiger partial charge on any atom is 0.220 e. The number of pyridine rings is 2. The molecular weight excluding hydrogens is 311 g/mol. The maximum atomic E-state index is 14.3. The SMILES string of the molecule is Cc1nc(N)nc(-c2nc(-c3ccnc(N)c3)c(F)cc2O)c1C. The highest BCUT2D eigenvalue weighted by molar-refractivity contribution is 5.72. The molecular formula is C16H15FN6O. The number of halogens is 1. The lowest BCUT2D eigenvalue weighted by Gasteiger charge is -2.12. The molecule has 0 aliphatic rings. The summed E-state index contributed by atoms with van der Waals surface area (Å²) in [5, 5.41) is 10.1. The van der Waals surface area contributed by atoms with Crippen LogP contribution in [0.1, 0.15) is 11.3 Å². The zero-order valence-corrected chi connectivity index (χ0v) is 13.1. The van der Waals surface area contributed by atoms with E-state index < -0.39 is 5.82 Å². The van der Waals surface area contributed by atoms with Crippen LogP contribution in [0.4, 0.5) is 16.2 Å². The fourth-order valence-electron chi connectivity index (χ4n) is 2.33. The van der Waals surface area contributed by atoms with Gasteiger partial charge in [0.15, 0.2) is 5.82 Å². The lowest BCUT2D eigenvalue weighted by atomic mass is 10.1. The Morgan fingerprint density at radius 2 is 1.75 bits per heavy atom. The molecule has 8 heteroatoms. The number of rotatable bonds is 2. The Balaban J connectivity index is 2.26. The third-order valence-electron chi connectivity index (χ3n) is 3.64. The van der Waals surface area contributed by atoms with Gasteiger partial charge < -0.3 is 16.6 Å². The normalized spacial score (nSPS) is 10.8. The smallest absolute Gasteiger partial charge is 0.220 e. The number of aromatic hydroxyl groups is 1. The van der Waals surface area contributed by atoms with Crippen LogP contribution in [0, 0.1) is 19.7 Å². The second kappa shape index (κ2) is 5.73. The molecule has 3 heterocycles. The van der Waals surface area contributed by atoms with Crippen LogP contribution in [0.3, 0.4) is 0 Å². The van der Waals surface area contributed by atoms with Crippen LogP contribution in [-0.4, -0.2) is 25.0 Å². The second-order valence-electron chi connectivity index (χ2n) is 5.30. The minimum absolute atomic E-state index is 0.0335. The number of aromatic nitrogens is 4. The molecule has 0 saturated carbocycles. The Morgan fingerprint density at radius 3 is 2.46 bits per heavy atom. The zero-order chi connectivity index (χ0) is 17.4. The number of anilines is 2. The predicted molar refractivity (Wildman–Crippen MR) is 88.4 cm³/mol. The Hall–Kier alpha value is -3.29.